The maximum atomic E-state index is 3.74. The zero-order chi connectivity index (χ0) is 33.5. The summed E-state index contributed by atoms with van der Waals surface area (Å²) in [6.07, 6.45) is 52.2. The van der Waals surface area contributed by atoms with E-state index in [0.717, 1.165) is 0 Å². The van der Waals surface area contributed by atoms with Gasteiger partial charge in [-0.1, -0.05) is 206 Å². The second-order valence-electron chi connectivity index (χ2n) is 12.8. The zero-order valence-corrected chi connectivity index (χ0v) is 31.8. The van der Waals surface area contributed by atoms with E-state index in [1.54, 1.807) is 0 Å². The zero-order valence-electron chi connectivity index (χ0n) is 31.8. The number of allylic oxidation sites excluding steroid dienone is 4. The van der Waals surface area contributed by atoms with Gasteiger partial charge < -0.3 is 0 Å². The predicted molar refractivity (Wildman–Crippen MR) is 211 cm³/mol. The first-order chi connectivity index (χ1) is 21.7. The van der Waals surface area contributed by atoms with E-state index in [4.69, 9.17) is 0 Å². The average Bonchev–Trinajstić information content (AvgIpc) is 3.04. The van der Waals surface area contributed by atoms with Crippen LogP contribution >= 0.6 is 0 Å². The maximum absolute atomic E-state index is 3.74. The van der Waals surface area contributed by atoms with E-state index in [1.807, 2.05) is 24.3 Å². The monoisotopic (exact) mass is 617 g/mol. The smallest absolute Gasteiger partial charge is 0.0353 e. The second-order valence-corrected chi connectivity index (χ2v) is 12.8. The molecule has 0 aromatic carbocycles. The standard InChI is InChI=1S/C14H28.C12H24.C10H20.C8H16/c1-3-5-7-9-11-13-14-12-10-8-6-4-2;1-3-5-7-9-11-12-10-8-6-4-2;1-3-5-7-9-10-8-6-4-2;1-3-5-7-8-6-4-2/h3H,1,4-14H2,2H3;3H,1,4-12H2,2H3;3H,1,4-10H2,2H3;3H,1,4-8H2,2H3. The Morgan fingerprint density at radius 1 is 0.227 bits per heavy atom. The lowest BCUT2D eigenvalue weighted by atomic mass is 10.1. The van der Waals surface area contributed by atoms with E-state index in [-0.39, 0.29) is 0 Å². The molecule has 0 amide bonds. The first kappa shape index (κ1) is 49.8. The van der Waals surface area contributed by atoms with Crippen molar-refractivity contribution in [2.45, 2.75) is 233 Å². The molecule has 0 aliphatic rings. The highest BCUT2D eigenvalue weighted by atomic mass is 14.0. The molecule has 0 saturated heterocycles. The minimum Gasteiger partial charge on any atom is -0.103 e. The van der Waals surface area contributed by atoms with Gasteiger partial charge in [0.1, 0.15) is 0 Å². The SMILES string of the molecule is C=CCCCCCC.C=CCCCCCCCC.C=CCCCCCCCCCC.C=CCCCCCCCCCCCC. The molecule has 264 valence electrons. The minimum absolute atomic E-state index is 1.19. The lowest BCUT2D eigenvalue weighted by Gasteiger charge is -2.00. The summed E-state index contributed by atoms with van der Waals surface area (Å²) in [5.74, 6) is 0. The van der Waals surface area contributed by atoms with Crippen LogP contribution < -0.4 is 0 Å². The summed E-state index contributed by atoms with van der Waals surface area (Å²) in [7, 11) is 0. The molecule has 0 rings (SSSR count). The average molecular weight is 617 g/mol. The number of hydrogen-bond donors (Lipinski definition) is 0. The normalized spacial score (nSPS) is 9.91. The molecule has 0 aromatic heterocycles. The van der Waals surface area contributed by atoms with Crippen LogP contribution in [-0.4, -0.2) is 0 Å². The van der Waals surface area contributed by atoms with Crippen molar-refractivity contribution in [3.63, 3.8) is 0 Å². The van der Waals surface area contributed by atoms with Crippen molar-refractivity contribution in [2.75, 3.05) is 0 Å². The van der Waals surface area contributed by atoms with Crippen molar-refractivity contribution in [2.24, 2.45) is 0 Å². The van der Waals surface area contributed by atoms with Gasteiger partial charge in [-0.3, -0.25) is 0 Å². The molecule has 0 saturated carbocycles. The van der Waals surface area contributed by atoms with Gasteiger partial charge in [0, 0.05) is 0 Å². The highest BCUT2D eigenvalue weighted by Crippen LogP contribution is 2.12. The van der Waals surface area contributed by atoms with Crippen molar-refractivity contribution < 1.29 is 0 Å². The van der Waals surface area contributed by atoms with Crippen LogP contribution in [-0.2, 0) is 0 Å². The molecule has 0 heteroatoms. The van der Waals surface area contributed by atoms with Crippen molar-refractivity contribution in [3.8, 4) is 0 Å². The lowest BCUT2D eigenvalue weighted by Crippen LogP contribution is -1.81. The van der Waals surface area contributed by atoms with Gasteiger partial charge in [-0.05, 0) is 51.4 Å². The molecule has 44 heavy (non-hydrogen) atoms. The van der Waals surface area contributed by atoms with Crippen LogP contribution in [0.1, 0.15) is 233 Å². The molecule has 0 aliphatic carbocycles. The molecule has 0 unspecified atom stereocenters. The van der Waals surface area contributed by atoms with Gasteiger partial charge in [0.15, 0.2) is 0 Å². The molecule has 0 aliphatic heterocycles. The van der Waals surface area contributed by atoms with Crippen LogP contribution in [0.15, 0.2) is 50.6 Å². The number of hydrogen-bond acceptors (Lipinski definition) is 0. The van der Waals surface area contributed by atoms with Crippen molar-refractivity contribution in [1.29, 1.82) is 0 Å². The summed E-state index contributed by atoms with van der Waals surface area (Å²) in [5, 5.41) is 0. The van der Waals surface area contributed by atoms with E-state index in [1.165, 1.54) is 205 Å². The molecule has 0 radical (unpaired) electrons. The summed E-state index contributed by atoms with van der Waals surface area (Å²) < 4.78 is 0. The number of rotatable bonds is 32. The highest BCUT2D eigenvalue weighted by Gasteiger charge is 1.92. The van der Waals surface area contributed by atoms with Crippen molar-refractivity contribution >= 4 is 0 Å². The van der Waals surface area contributed by atoms with Crippen LogP contribution in [0.3, 0.4) is 0 Å². The summed E-state index contributed by atoms with van der Waals surface area (Å²) in [6.45, 7) is 23.8. The van der Waals surface area contributed by atoms with E-state index in [0.29, 0.717) is 0 Å². The molecule has 0 heterocycles. The Bertz CT molecular complexity index is 472. The Morgan fingerprint density at radius 3 is 0.523 bits per heavy atom. The molecular weight excluding hydrogens is 528 g/mol. The minimum atomic E-state index is 1.19. The summed E-state index contributed by atoms with van der Waals surface area (Å²) in [4.78, 5) is 0. The van der Waals surface area contributed by atoms with Crippen molar-refractivity contribution in [3.05, 3.63) is 50.6 Å². The van der Waals surface area contributed by atoms with Crippen LogP contribution in [0.5, 0.6) is 0 Å². The van der Waals surface area contributed by atoms with Gasteiger partial charge in [-0.25, -0.2) is 0 Å². The van der Waals surface area contributed by atoms with Gasteiger partial charge in [0.2, 0.25) is 0 Å². The molecule has 0 aromatic rings. The molecule has 0 spiro atoms. The lowest BCUT2D eigenvalue weighted by molar-refractivity contribution is 0.558. The Balaban J connectivity index is -0.000000247. The maximum Gasteiger partial charge on any atom is -0.0353 e. The van der Waals surface area contributed by atoms with Gasteiger partial charge in [-0.15, -0.1) is 26.3 Å². The van der Waals surface area contributed by atoms with Gasteiger partial charge in [0.25, 0.3) is 0 Å². The summed E-state index contributed by atoms with van der Waals surface area (Å²) in [6, 6.07) is 0. The van der Waals surface area contributed by atoms with Crippen LogP contribution in [0.4, 0.5) is 0 Å². The molecule has 0 fully saturated rings. The largest absolute Gasteiger partial charge is 0.103 e. The third-order valence-corrected chi connectivity index (χ3v) is 8.05. The molecule has 0 N–H and O–H groups in total. The predicted octanol–water partition coefficient (Wildman–Crippen LogP) is 17.3. The van der Waals surface area contributed by atoms with Crippen LogP contribution in [0.25, 0.3) is 0 Å². The Kier molecular flexibility index (Phi) is 65.2. The fourth-order valence-electron chi connectivity index (χ4n) is 4.98. The van der Waals surface area contributed by atoms with E-state index < -0.39 is 0 Å². The second kappa shape index (κ2) is 57.6. The fraction of sp³-hybridized carbons (Fsp3) is 0.818. The Labute approximate surface area is 283 Å². The summed E-state index contributed by atoms with van der Waals surface area (Å²) >= 11 is 0. The Morgan fingerprint density at radius 2 is 0.364 bits per heavy atom. The van der Waals surface area contributed by atoms with E-state index in [9.17, 15) is 0 Å². The Hall–Kier alpha value is -1.04. The highest BCUT2D eigenvalue weighted by molar-refractivity contribution is 4.67. The topological polar surface area (TPSA) is 0 Å². The molecule has 0 bridgehead atoms. The molecule has 0 nitrogen and oxygen atoms in total. The van der Waals surface area contributed by atoms with Gasteiger partial charge >= 0.3 is 0 Å². The first-order valence-corrected chi connectivity index (χ1v) is 20.1. The van der Waals surface area contributed by atoms with Crippen molar-refractivity contribution in [1.82, 2.24) is 0 Å². The van der Waals surface area contributed by atoms with Gasteiger partial charge in [0.05, 0.1) is 0 Å². The fourth-order valence-corrected chi connectivity index (χ4v) is 4.98. The van der Waals surface area contributed by atoms with Crippen LogP contribution in [0, 0.1) is 0 Å². The quantitative estimate of drug-likeness (QED) is 0.0521. The first-order valence-electron chi connectivity index (χ1n) is 20.1. The number of unbranched alkanes of at least 4 members (excludes halogenated alkanes) is 28. The van der Waals surface area contributed by atoms with E-state index >= 15 is 0 Å². The molecular formula is C44H88. The van der Waals surface area contributed by atoms with Gasteiger partial charge in [-0.2, -0.15) is 0 Å². The third-order valence-electron chi connectivity index (χ3n) is 8.05. The third kappa shape index (κ3) is 68.2. The summed E-state index contributed by atoms with van der Waals surface area (Å²) in [5.41, 5.74) is 0. The van der Waals surface area contributed by atoms with Crippen LogP contribution in [0.2, 0.25) is 0 Å². The van der Waals surface area contributed by atoms with E-state index in [2.05, 4.69) is 54.0 Å². The molecule has 0 atom stereocenters.